The zero-order valence-electron chi connectivity index (χ0n) is 11.6. The highest BCUT2D eigenvalue weighted by Crippen LogP contribution is 2.21. The van der Waals surface area contributed by atoms with Crippen molar-refractivity contribution >= 4 is 35.1 Å². The Morgan fingerprint density at radius 1 is 1.45 bits per heavy atom. The fourth-order valence-corrected chi connectivity index (χ4v) is 3.05. The second-order valence-corrected chi connectivity index (χ2v) is 6.23. The van der Waals surface area contributed by atoms with E-state index in [-0.39, 0.29) is 6.04 Å². The van der Waals surface area contributed by atoms with Crippen LogP contribution in [0.3, 0.4) is 0 Å². The number of carbonyl (C=O) groups excluding carboxylic acids is 1. The molecule has 0 aromatic carbocycles. The Bertz CT molecular complexity index is 423. The lowest BCUT2D eigenvalue weighted by Gasteiger charge is -2.19. The molecule has 0 bridgehead atoms. The van der Waals surface area contributed by atoms with Gasteiger partial charge in [0.25, 0.3) is 0 Å². The number of nitrogens with one attached hydrogen (secondary N) is 2. The van der Waals surface area contributed by atoms with E-state index in [9.17, 15) is 9.59 Å². The van der Waals surface area contributed by atoms with Gasteiger partial charge in [-0.15, -0.1) is 11.3 Å². The molecule has 1 aromatic rings. The van der Waals surface area contributed by atoms with Gasteiger partial charge in [-0.25, -0.2) is 9.59 Å². The van der Waals surface area contributed by atoms with Gasteiger partial charge in [0.1, 0.15) is 6.04 Å². The molecule has 1 unspecified atom stereocenters. The quantitative estimate of drug-likeness (QED) is 0.689. The van der Waals surface area contributed by atoms with Gasteiger partial charge in [0, 0.05) is 4.88 Å². The van der Waals surface area contributed by atoms with Crippen molar-refractivity contribution in [2.24, 2.45) is 0 Å². The summed E-state index contributed by atoms with van der Waals surface area (Å²) in [6.45, 7) is 1.98. The first-order valence-corrected chi connectivity index (χ1v) is 8.68. The molecule has 0 spiro atoms. The number of amides is 2. The maximum absolute atomic E-state index is 11.9. The molecule has 0 fully saturated rings. The SMILES string of the molecule is CCC(NC(=O)N[C@H](CCSC)C(=O)O)c1cccs1. The molecule has 0 saturated heterocycles. The van der Waals surface area contributed by atoms with Gasteiger partial charge in [-0.05, 0) is 36.3 Å². The van der Waals surface area contributed by atoms with Gasteiger partial charge in [-0.3, -0.25) is 0 Å². The van der Waals surface area contributed by atoms with Gasteiger partial charge in [-0.1, -0.05) is 13.0 Å². The molecule has 20 heavy (non-hydrogen) atoms. The summed E-state index contributed by atoms with van der Waals surface area (Å²) in [6, 6.07) is 2.54. The minimum atomic E-state index is -1.00. The summed E-state index contributed by atoms with van der Waals surface area (Å²) in [6.07, 6.45) is 3.08. The van der Waals surface area contributed by atoms with Gasteiger partial charge in [0.15, 0.2) is 0 Å². The number of thiophene rings is 1. The average Bonchev–Trinajstić information content (AvgIpc) is 2.94. The van der Waals surface area contributed by atoms with Crippen molar-refractivity contribution in [3.8, 4) is 0 Å². The van der Waals surface area contributed by atoms with Crippen LogP contribution in [0.4, 0.5) is 4.79 Å². The molecule has 7 heteroatoms. The predicted octanol–water partition coefficient (Wildman–Crippen LogP) is 2.70. The Kier molecular flexibility index (Phi) is 7.46. The number of urea groups is 1. The second-order valence-electron chi connectivity index (χ2n) is 4.27. The molecule has 1 aromatic heterocycles. The normalized spacial score (nSPS) is 13.5. The van der Waals surface area contributed by atoms with Crippen molar-refractivity contribution in [1.29, 1.82) is 0 Å². The van der Waals surface area contributed by atoms with E-state index in [1.54, 1.807) is 23.1 Å². The molecule has 112 valence electrons. The van der Waals surface area contributed by atoms with E-state index < -0.39 is 18.0 Å². The van der Waals surface area contributed by atoms with E-state index in [4.69, 9.17) is 5.11 Å². The van der Waals surface area contributed by atoms with Crippen molar-refractivity contribution in [2.75, 3.05) is 12.0 Å². The molecule has 0 aliphatic heterocycles. The molecule has 0 aliphatic rings. The summed E-state index contributed by atoms with van der Waals surface area (Å²) in [5.74, 6) is -0.308. The van der Waals surface area contributed by atoms with Gasteiger partial charge in [0.2, 0.25) is 0 Å². The number of aliphatic carboxylic acids is 1. The van der Waals surface area contributed by atoms with E-state index in [1.807, 2.05) is 30.7 Å². The minimum Gasteiger partial charge on any atom is -0.480 e. The average molecular weight is 316 g/mol. The van der Waals surface area contributed by atoms with Crippen LogP contribution in [-0.4, -0.2) is 35.2 Å². The van der Waals surface area contributed by atoms with Crippen LogP contribution >= 0.6 is 23.1 Å². The highest BCUT2D eigenvalue weighted by Gasteiger charge is 2.21. The number of rotatable bonds is 8. The van der Waals surface area contributed by atoms with E-state index in [0.29, 0.717) is 12.2 Å². The number of carboxylic acid groups (broad SMARTS) is 1. The Morgan fingerprint density at radius 3 is 2.70 bits per heavy atom. The fourth-order valence-electron chi connectivity index (χ4n) is 1.72. The van der Waals surface area contributed by atoms with Crippen LogP contribution in [-0.2, 0) is 4.79 Å². The van der Waals surface area contributed by atoms with Crippen LogP contribution in [0.25, 0.3) is 0 Å². The maximum atomic E-state index is 11.9. The molecular formula is C13H20N2O3S2. The summed E-state index contributed by atoms with van der Waals surface area (Å²) in [4.78, 5) is 24.0. The summed E-state index contributed by atoms with van der Waals surface area (Å²) in [5, 5.41) is 16.4. The van der Waals surface area contributed by atoms with Gasteiger partial charge < -0.3 is 15.7 Å². The van der Waals surface area contributed by atoms with E-state index in [1.165, 1.54) is 0 Å². The fraction of sp³-hybridized carbons (Fsp3) is 0.538. The minimum absolute atomic E-state index is 0.0787. The molecule has 3 N–H and O–H groups in total. The Hall–Kier alpha value is -1.21. The molecule has 1 rings (SSSR count). The third-order valence-corrected chi connectivity index (χ3v) is 4.44. The summed E-state index contributed by atoms with van der Waals surface area (Å²) < 4.78 is 0. The Labute approximate surface area is 127 Å². The van der Waals surface area contributed by atoms with Gasteiger partial charge in [-0.2, -0.15) is 11.8 Å². The molecule has 0 saturated carbocycles. The predicted molar refractivity (Wildman–Crippen MR) is 83.4 cm³/mol. The number of carboxylic acids is 1. The smallest absolute Gasteiger partial charge is 0.326 e. The number of hydrogen-bond acceptors (Lipinski definition) is 4. The van der Waals surface area contributed by atoms with Crippen LogP contribution in [0.1, 0.15) is 30.7 Å². The molecule has 2 amide bonds. The first-order chi connectivity index (χ1) is 9.58. The van der Waals surface area contributed by atoms with Crippen molar-refractivity contribution in [3.05, 3.63) is 22.4 Å². The maximum Gasteiger partial charge on any atom is 0.326 e. The van der Waals surface area contributed by atoms with Crippen molar-refractivity contribution in [2.45, 2.75) is 31.8 Å². The monoisotopic (exact) mass is 316 g/mol. The lowest BCUT2D eigenvalue weighted by Crippen LogP contribution is -2.47. The molecule has 5 nitrogen and oxygen atoms in total. The second kappa shape index (κ2) is 8.86. The van der Waals surface area contributed by atoms with Crippen molar-refractivity contribution in [3.63, 3.8) is 0 Å². The van der Waals surface area contributed by atoms with Crippen molar-refractivity contribution in [1.82, 2.24) is 10.6 Å². The Morgan fingerprint density at radius 2 is 2.20 bits per heavy atom. The topological polar surface area (TPSA) is 78.4 Å². The lowest BCUT2D eigenvalue weighted by molar-refractivity contribution is -0.139. The van der Waals surface area contributed by atoms with Crippen LogP contribution in [0.2, 0.25) is 0 Å². The summed E-state index contributed by atoms with van der Waals surface area (Å²) >= 11 is 3.13. The summed E-state index contributed by atoms with van der Waals surface area (Å²) in [7, 11) is 0. The highest BCUT2D eigenvalue weighted by atomic mass is 32.2. The zero-order chi connectivity index (χ0) is 15.0. The van der Waals surface area contributed by atoms with Crippen LogP contribution in [0.5, 0.6) is 0 Å². The standard InChI is InChI=1S/C13H20N2O3S2/c1-3-9(11-5-4-7-20-11)14-13(18)15-10(12(16)17)6-8-19-2/h4-5,7,9-10H,3,6,8H2,1-2H3,(H,16,17)(H2,14,15,18)/t9?,10-/m1/s1. The largest absolute Gasteiger partial charge is 0.480 e. The number of hydrogen-bond donors (Lipinski definition) is 3. The van der Waals surface area contributed by atoms with Crippen LogP contribution in [0, 0.1) is 0 Å². The summed E-state index contributed by atoms with van der Waals surface area (Å²) in [5.41, 5.74) is 0. The van der Waals surface area contributed by atoms with Crippen LogP contribution in [0.15, 0.2) is 17.5 Å². The van der Waals surface area contributed by atoms with Crippen LogP contribution < -0.4 is 10.6 Å². The third-order valence-electron chi connectivity index (χ3n) is 2.81. The van der Waals surface area contributed by atoms with Gasteiger partial charge in [0.05, 0.1) is 6.04 Å². The molecule has 2 atom stereocenters. The lowest BCUT2D eigenvalue weighted by atomic mass is 10.2. The molecule has 1 heterocycles. The number of carbonyl (C=O) groups is 2. The van der Waals surface area contributed by atoms with Gasteiger partial charge >= 0.3 is 12.0 Å². The van der Waals surface area contributed by atoms with E-state index in [2.05, 4.69) is 10.6 Å². The first kappa shape index (κ1) is 16.8. The zero-order valence-corrected chi connectivity index (χ0v) is 13.2. The molecule has 0 radical (unpaired) electrons. The van der Waals surface area contributed by atoms with E-state index >= 15 is 0 Å². The third kappa shape index (κ3) is 5.42. The molecule has 0 aliphatic carbocycles. The van der Waals surface area contributed by atoms with Crippen molar-refractivity contribution < 1.29 is 14.7 Å². The molecular weight excluding hydrogens is 296 g/mol. The Balaban J connectivity index is 2.53. The number of thioether (sulfide) groups is 1. The van der Waals surface area contributed by atoms with E-state index in [0.717, 1.165) is 11.3 Å². The first-order valence-electron chi connectivity index (χ1n) is 6.40. The highest BCUT2D eigenvalue weighted by molar-refractivity contribution is 7.98.